The van der Waals surface area contributed by atoms with Crippen LogP contribution < -0.4 is 5.32 Å². The number of aliphatic hydroxyl groups is 1. The summed E-state index contributed by atoms with van der Waals surface area (Å²) in [5, 5.41) is 13.3. The van der Waals surface area contributed by atoms with Crippen molar-refractivity contribution in [3.63, 3.8) is 0 Å². The Bertz CT molecular complexity index is 1170. The minimum absolute atomic E-state index is 0.0834. The van der Waals surface area contributed by atoms with E-state index in [0.29, 0.717) is 18.7 Å². The van der Waals surface area contributed by atoms with Crippen LogP contribution in [0.5, 0.6) is 0 Å². The number of nitrogens with zero attached hydrogens (tertiary/aromatic N) is 2. The van der Waals surface area contributed by atoms with Crippen molar-refractivity contribution < 1.29 is 19.0 Å². The molecule has 2 unspecified atom stereocenters. The van der Waals surface area contributed by atoms with Gasteiger partial charge in [-0.05, 0) is 42.3 Å². The monoisotopic (exact) mass is 503 g/mol. The van der Waals surface area contributed by atoms with E-state index < -0.39 is 6.17 Å². The first kappa shape index (κ1) is 26.7. The number of Topliss-reactive ketones (excluding diaryl/α,β-unsaturated/α-hetero) is 1. The molecule has 0 spiro atoms. The Morgan fingerprint density at radius 3 is 2.35 bits per heavy atom. The maximum atomic E-state index is 13.3. The number of hydrogen-bond acceptors (Lipinski definition) is 6. The van der Waals surface area contributed by atoms with Gasteiger partial charge in [0.2, 0.25) is 5.78 Å². The van der Waals surface area contributed by atoms with Crippen molar-refractivity contribution in [1.29, 1.82) is 0 Å². The predicted octanol–water partition coefficient (Wildman–Crippen LogP) is 4.15. The van der Waals surface area contributed by atoms with Gasteiger partial charge in [-0.15, -0.1) is 0 Å². The molecule has 0 bridgehead atoms. The molecule has 2 aromatic rings. The molecule has 2 aromatic carbocycles. The molecule has 37 heavy (non-hydrogen) atoms. The number of ketones is 1. The number of rotatable bonds is 9. The number of hydrogen-bond donors (Lipinski definition) is 2. The molecule has 1 fully saturated rings. The molecule has 194 valence electrons. The van der Waals surface area contributed by atoms with E-state index in [0.717, 1.165) is 49.5 Å². The zero-order chi connectivity index (χ0) is 26.0. The van der Waals surface area contributed by atoms with Crippen LogP contribution in [0, 0.1) is 11.8 Å². The molecule has 4 rings (SSSR count). The highest BCUT2D eigenvalue weighted by Gasteiger charge is 2.22. The molecule has 6 nitrogen and oxygen atoms in total. The van der Waals surface area contributed by atoms with E-state index in [9.17, 15) is 14.3 Å². The second-order valence-electron chi connectivity index (χ2n) is 9.53. The predicted molar refractivity (Wildman–Crippen MR) is 144 cm³/mol. The number of halogens is 1. The van der Waals surface area contributed by atoms with Crippen LogP contribution in [0.25, 0.3) is 0 Å². The van der Waals surface area contributed by atoms with Gasteiger partial charge in [0.15, 0.2) is 5.76 Å². The molecular formula is C30H34FN3O3. The van der Waals surface area contributed by atoms with E-state index in [2.05, 4.69) is 51.3 Å². The quantitative estimate of drug-likeness (QED) is 0.503. The van der Waals surface area contributed by atoms with Crippen molar-refractivity contribution in [2.45, 2.75) is 38.4 Å². The van der Waals surface area contributed by atoms with Crippen LogP contribution in [0.15, 0.2) is 65.0 Å². The van der Waals surface area contributed by atoms with Crippen LogP contribution in [0.2, 0.25) is 0 Å². The van der Waals surface area contributed by atoms with Crippen LogP contribution in [-0.2, 0) is 16.1 Å². The van der Waals surface area contributed by atoms with E-state index >= 15 is 0 Å². The lowest BCUT2D eigenvalue weighted by Crippen LogP contribution is -2.35. The van der Waals surface area contributed by atoms with E-state index in [1.807, 2.05) is 24.3 Å². The van der Waals surface area contributed by atoms with Gasteiger partial charge in [-0.3, -0.25) is 14.7 Å². The highest BCUT2D eigenvalue weighted by atomic mass is 19.1. The molecule has 2 heterocycles. The Labute approximate surface area is 218 Å². The van der Waals surface area contributed by atoms with E-state index in [-0.39, 0.29) is 30.4 Å². The Kier molecular flexibility index (Phi) is 9.61. The largest absolute Gasteiger partial charge is 0.503 e. The standard InChI is InChI=1S/C30H34FN3O3/c1-22(31)19-32-20-27(18-28-30(36)29(35)12-13-33-28)26-10-8-24(9-11-26)3-2-23-4-6-25(7-5-23)21-34-14-16-37-17-15-34/h4-11,13,22,27,32,36H,12,14-21H2,1H3. The van der Waals surface area contributed by atoms with Gasteiger partial charge < -0.3 is 15.2 Å². The first-order valence-electron chi connectivity index (χ1n) is 12.8. The molecule has 7 heteroatoms. The third-order valence-electron chi connectivity index (χ3n) is 6.51. The van der Waals surface area contributed by atoms with Crippen molar-refractivity contribution in [2.24, 2.45) is 4.99 Å². The summed E-state index contributed by atoms with van der Waals surface area (Å²) in [5.41, 5.74) is 4.49. The van der Waals surface area contributed by atoms with Crippen molar-refractivity contribution in [1.82, 2.24) is 10.2 Å². The van der Waals surface area contributed by atoms with E-state index in [1.165, 1.54) is 18.7 Å². The fourth-order valence-corrected chi connectivity index (χ4v) is 4.40. The van der Waals surface area contributed by atoms with Crippen molar-refractivity contribution in [3.05, 3.63) is 82.2 Å². The summed E-state index contributed by atoms with van der Waals surface area (Å²) < 4.78 is 18.7. The summed E-state index contributed by atoms with van der Waals surface area (Å²) in [6.45, 7) is 6.68. The lowest BCUT2D eigenvalue weighted by atomic mass is 9.92. The molecule has 2 aliphatic rings. The molecule has 1 saturated heterocycles. The fraction of sp³-hybridized carbons (Fsp3) is 0.400. The molecule has 2 N–H and O–H groups in total. The third kappa shape index (κ3) is 8.09. The first-order chi connectivity index (χ1) is 18.0. The zero-order valence-corrected chi connectivity index (χ0v) is 21.3. The van der Waals surface area contributed by atoms with Crippen LogP contribution in [-0.4, -0.2) is 67.6 Å². The summed E-state index contributed by atoms with van der Waals surface area (Å²) in [7, 11) is 0. The third-order valence-corrected chi connectivity index (χ3v) is 6.51. The zero-order valence-electron chi connectivity index (χ0n) is 21.3. The maximum Gasteiger partial charge on any atom is 0.204 e. The van der Waals surface area contributed by atoms with E-state index in [4.69, 9.17) is 4.74 Å². The van der Waals surface area contributed by atoms with Crippen molar-refractivity contribution >= 4 is 12.0 Å². The molecule has 2 atom stereocenters. The van der Waals surface area contributed by atoms with Gasteiger partial charge in [0.05, 0.1) is 18.9 Å². The average molecular weight is 504 g/mol. The maximum absolute atomic E-state index is 13.3. The molecule has 0 radical (unpaired) electrons. The van der Waals surface area contributed by atoms with Gasteiger partial charge in [0, 0.05) is 68.8 Å². The van der Waals surface area contributed by atoms with Crippen LogP contribution in [0.3, 0.4) is 0 Å². The summed E-state index contributed by atoms with van der Waals surface area (Å²) in [4.78, 5) is 18.5. The summed E-state index contributed by atoms with van der Waals surface area (Å²) in [5.74, 6) is 5.77. The number of ether oxygens (including phenoxy) is 1. The van der Waals surface area contributed by atoms with Crippen molar-refractivity contribution in [2.75, 3.05) is 39.4 Å². The van der Waals surface area contributed by atoms with Crippen molar-refractivity contribution in [3.8, 4) is 11.8 Å². The lowest BCUT2D eigenvalue weighted by Gasteiger charge is -2.26. The van der Waals surface area contributed by atoms with Gasteiger partial charge in [-0.2, -0.15) is 0 Å². The number of nitrogens with one attached hydrogen (secondary N) is 1. The topological polar surface area (TPSA) is 74.2 Å². The van der Waals surface area contributed by atoms with Gasteiger partial charge >= 0.3 is 0 Å². The van der Waals surface area contributed by atoms with Gasteiger partial charge in [-0.1, -0.05) is 36.1 Å². The second kappa shape index (κ2) is 13.3. The second-order valence-corrected chi connectivity index (χ2v) is 9.53. The number of benzene rings is 2. The van der Waals surface area contributed by atoms with Crippen LogP contribution >= 0.6 is 0 Å². The van der Waals surface area contributed by atoms with Gasteiger partial charge in [0.25, 0.3) is 0 Å². The minimum Gasteiger partial charge on any atom is -0.503 e. The minimum atomic E-state index is -0.964. The summed E-state index contributed by atoms with van der Waals surface area (Å²) in [6.07, 6.45) is 1.05. The Balaban J connectivity index is 1.41. The normalized spacial score (nSPS) is 17.8. The van der Waals surface area contributed by atoms with E-state index in [1.54, 1.807) is 0 Å². The number of aliphatic imine (C=N–C) groups is 1. The number of allylic oxidation sites excluding steroid dienone is 2. The first-order valence-corrected chi connectivity index (χ1v) is 12.8. The SMILES string of the molecule is CC(F)CNCC(CC1=C(O)C(=O)CC=N1)c1ccc(C#Cc2ccc(CN3CCOCC3)cc2)cc1. The van der Waals surface area contributed by atoms with Gasteiger partial charge in [-0.25, -0.2) is 4.39 Å². The van der Waals surface area contributed by atoms with Crippen LogP contribution in [0.4, 0.5) is 4.39 Å². The Morgan fingerprint density at radius 1 is 1.05 bits per heavy atom. The number of carbonyl (C=O) groups excluding carboxylic acids is 1. The highest BCUT2D eigenvalue weighted by molar-refractivity contribution is 6.03. The molecule has 2 aliphatic heterocycles. The molecule has 0 amide bonds. The Hall–Kier alpha value is -3.31. The molecule has 0 saturated carbocycles. The molecule has 0 aliphatic carbocycles. The lowest BCUT2D eigenvalue weighted by molar-refractivity contribution is -0.117. The fourth-order valence-electron chi connectivity index (χ4n) is 4.40. The molecular weight excluding hydrogens is 469 g/mol. The molecule has 0 aromatic heterocycles. The summed E-state index contributed by atoms with van der Waals surface area (Å²) >= 11 is 0. The van der Waals surface area contributed by atoms with Gasteiger partial charge in [0.1, 0.15) is 6.17 Å². The number of alkyl halides is 1. The van der Waals surface area contributed by atoms with Crippen LogP contribution in [0.1, 0.15) is 47.9 Å². The highest BCUT2D eigenvalue weighted by Crippen LogP contribution is 2.27. The summed E-state index contributed by atoms with van der Waals surface area (Å²) in [6, 6.07) is 16.3. The number of aliphatic hydroxyl groups excluding tert-OH is 1. The smallest absolute Gasteiger partial charge is 0.204 e. The average Bonchev–Trinajstić information content (AvgIpc) is 2.91. The number of morpholine rings is 1. The number of carbonyl (C=O) groups is 1. The Morgan fingerprint density at radius 2 is 1.70 bits per heavy atom.